The van der Waals surface area contributed by atoms with E-state index in [-0.39, 0.29) is 17.9 Å². The predicted molar refractivity (Wildman–Crippen MR) is 102 cm³/mol. The first-order chi connectivity index (χ1) is 12.9. The highest BCUT2D eigenvalue weighted by molar-refractivity contribution is 5.93. The molecule has 1 aliphatic rings. The second-order valence-electron chi connectivity index (χ2n) is 7.02. The van der Waals surface area contributed by atoms with Crippen LogP contribution in [0.1, 0.15) is 23.7 Å². The number of amides is 2. The van der Waals surface area contributed by atoms with Crippen LogP contribution in [0.3, 0.4) is 0 Å². The second-order valence-corrected chi connectivity index (χ2v) is 7.02. The maximum atomic E-state index is 12.6. The van der Waals surface area contributed by atoms with E-state index in [1.54, 1.807) is 13.0 Å². The van der Waals surface area contributed by atoms with Crippen LogP contribution >= 0.6 is 0 Å². The molecule has 7 heteroatoms. The molecular weight excluding hydrogens is 344 g/mol. The van der Waals surface area contributed by atoms with Crippen molar-refractivity contribution in [1.82, 2.24) is 15.0 Å². The molecule has 1 aromatic carbocycles. The Hall–Kier alpha value is -2.67. The maximum Gasteiger partial charge on any atom is 0.243 e. The lowest BCUT2D eigenvalue weighted by atomic mass is 10.1. The molecule has 3 rings (SSSR count). The Morgan fingerprint density at radius 3 is 2.52 bits per heavy atom. The van der Waals surface area contributed by atoms with Crippen LogP contribution in [-0.4, -0.2) is 59.0 Å². The molecule has 0 radical (unpaired) electrons. The molecule has 1 fully saturated rings. The Kier molecular flexibility index (Phi) is 5.91. The summed E-state index contributed by atoms with van der Waals surface area (Å²) in [6, 6.07) is 9.35. The molecule has 7 nitrogen and oxygen atoms in total. The average molecular weight is 370 g/mol. The second kappa shape index (κ2) is 8.35. The number of anilines is 1. The van der Waals surface area contributed by atoms with Crippen molar-refractivity contribution in [2.75, 3.05) is 31.5 Å². The Bertz CT molecular complexity index is 809. The van der Waals surface area contributed by atoms with Crippen LogP contribution < -0.4 is 5.32 Å². The van der Waals surface area contributed by atoms with Gasteiger partial charge in [-0.05, 0) is 31.9 Å². The van der Waals surface area contributed by atoms with Crippen LogP contribution in [0.15, 0.2) is 34.9 Å². The summed E-state index contributed by atoms with van der Waals surface area (Å²) in [7, 11) is 0. The van der Waals surface area contributed by atoms with E-state index in [4.69, 9.17) is 4.52 Å². The fourth-order valence-corrected chi connectivity index (χ4v) is 3.26. The summed E-state index contributed by atoms with van der Waals surface area (Å²) in [5, 5.41) is 6.51. The third-order valence-electron chi connectivity index (χ3n) is 5.07. The average Bonchev–Trinajstić information content (AvgIpc) is 3.07. The Morgan fingerprint density at radius 1 is 1.19 bits per heavy atom. The first-order valence-electron chi connectivity index (χ1n) is 9.24. The van der Waals surface area contributed by atoms with Crippen molar-refractivity contribution in [3.63, 3.8) is 0 Å². The molecule has 0 bridgehead atoms. The van der Waals surface area contributed by atoms with Gasteiger partial charge in [0.25, 0.3) is 0 Å². The molecule has 1 aliphatic heterocycles. The zero-order chi connectivity index (χ0) is 19.4. The molecule has 2 amide bonds. The molecule has 144 valence electrons. The summed E-state index contributed by atoms with van der Waals surface area (Å²) in [6.45, 7) is 8.29. The van der Waals surface area contributed by atoms with Gasteiger partial charge in [-0.1, -0.05) is 29.4 Å². The molecule has 1 aromatic heterocycles. The van der Waals surface area contributed by atoms with Gasteiger partial charge in [0.15, 0.2) is 0 Å². The van der Waals surface area contributed by atoms with Gasteiger partial charge in [0.2, 0.25) is 17.7 Å². The molecule has 0 unspecified atom stereocenters. The number of benzene rings is 1. The van der Waals surface area contributed by atoms with E-state index in [0.717, 1.165) is 16.8 Å². The van der Waals surface area contributed by atoms with E-state index in [1.807, 2.05) is 43.0 Å². The minimum Gasteiger partial charge on any atom is -0.340 e. The number of hydrogen-bond acceptors (Lipinski definition) is 5. The lowest BCUT2D eigenvalue weighted by Crippen LogP contribution is -2.54. The predicted octanol–water partition coefficient (Wildman–Crippen LogP) is 2.01. The summed E-state index contributed by atoms with van der Waals surface area (Å²) in [5.74, 6) is 0.362. The highest BCUT2D eigenvalue weighted by Gasteiger charge is 2.28. The zero-order valence-electron chi connectivity index (χ0n) is 16.1. The number of piperazine rings is 1. The normalized spacial score (nSPS) is 16.2. The molecule has 1 saturated heterocycles. The van der Waals surface area contributed by atoms with Gasteiger partial charge in [-0.25, -0.2) is 0 Å². The number of rotatable bonds is 5. The topological polar surface area (TPSA) is 78.7 Å². The zero-order valence-corrected chi connectivity index (χ0v) is 16.1. The van der Waals surface area contributed by atoms with Crippen molar-refractivity contribution in [2.45, 2.75) is 33.2 Å². The Labute approximate surface area is 159 Å². The molecule has 2 heterocycles. The van der Waals surface area contributed by atoms with E-state index in [0.29, 0.717) is 38.5 Å². The SMILES string of the molecule is Cc1cc(NC(=O)[C@H](C)N2CCN(C(=O)Cc3ccccc3C)CC2)on1. The molecule has 0 spiro atoms. The Morgan fingerprint density at radius 2 is 1.89 bits per heavy atom. The van der Waals surface area contributed by atoms with Crippen LogP contribution in [0, 0.1) is 13.8 Å². The monoisotopic (exact) mass is 370 g/mol. The van der Waals surface area contributed by atoms with Gasteiger partial charge in [-0.15, -0.1) is 0 Å². The van der Waals surface area contributed by atoms with Gasteiger partial charge in [0.1, 0.15) is 0 Å². The quantitative estimate of drug-likeness (QED) is 0.871. The number of carbonyl (C=O) groups is 2. The summed E-state index contributed by atoms with van der Waals surface area (Å²) in [6.07, 6.45) is 0.424. The molecule has 1 N–H and O–H groups in total. The summed E-state index contributed by atoms with van der Waals surface area (Å²) in [4.78, 5) is 28.9. The fourth-order valence-electron chi connectivity index (χ4n) is 3.26. The van der Waals surface area contributed by atoms with Gasteiger partial charge < -0.3 is 9.42 Å². The third kappa shape index (κ3) is 4.74. The number of aryl methyl sites for hydroxylation is 2. The molecule has 1 atom stereocenters. The fraction of sp³-hybridized carbons (Fsp3) is 0.450. The van der Waals surface area contributed by atoms with Crippen molar-refractivity contribution in [3.8, 4) is 0 Å². The van der Waals surface area contributed by atoms with E-state index >= 15 is 0 Å². The number of aromatic nitrogens is 1. The third-order valence-corrected chi connectivity index (χ3v) is 5.07. The van der Waals surface area contributed by atoms with Crippen LogP contribution in [0.5, 0.6) is 0 Å². The summed E-state index contributed by atoms with van der Waals surface area (Å²) in [5.41, 5.74) is 2.93. The molecule has 27 heavy (non-hydrogen) atoms. The lowest BCUT2D eigenvalue weighted by molar-refractivity contribution is -0.133. The number of hydrogen-bond donors (Lipinski definition) is 1. The van der Waals surface area contributed by atoms with Crippen LogP contribution in [0.2, 0.25) is 0 Å². The van der Waals surface area contributed by atoms with Gasteiger partial charge in [-0.3, -0.25) is 19.8 Å². The van der Waals surface area contributed by atoms with Gasteiger partial charge in [-0.2, -0.15) is 0 Å². The largest absolute Gasteiger partial charge is 0.340 e. The summed E-state index contributed by atoms with van der Waals surface area (Å²) >= 11 is 0. The maximum absolute atomic E-state index is 12.6. The van der Waals surface area contributed by atoms with Crippen molar-refractivity contribution in [1.29, 1.82) is 0 Å². The van der Waals surface area contributed by atoms with Crippen LogP contribution in [0.4, 0.5) is 5.88 Å². The highest BCUT2D eigenvalue weighted by Crippen LogP contribution is 2.14. The number of nitrogens with one attached hydrogen (secondary N) is 1. The standard InChI is InChI=1S/C20H26N4O3/c1-14-6-4-5-7-17(14)13-19(25)24-10-8-23(9-11-24)16(3)20(26)21-18-12-15(2)22-27-18/h4-7,12,16H,8-11,13H2,1-3H3,(H,21,26)/t16-/m0/s1. The first kappa shape index (κ1) is 19.1. The molecular formula is C20H26N4O3. The van der Waals surface area contributed by atoms with E-state index < -0.39 is 0 Å². The van der Waals surface area contributed by atoms with Crippen molar-refractivity contribution in [2.24, 2.45) is 0 Å². The minimum atomic E-state index is -0.302. The van der Waals surface area contributed by atoms with Crippen molar-refractivity contribution >= 4 is 17.7 Å². The van der Waals surface area contributed by atoms with Crippen molar-refractivity contribution < 1.29 is 14.1 Å². The Balaban J connectivity index is 1.49. The van der Waals surface area contributed by atoms with Crippen LogP contribution in [0.25, 0.3) is 0 Å². The minimum absolute atomic E-state index is 0.133. The lowest BCUT2D eigenvalue weighted by Gasteiger charge is -2.37. The van der Waals surface area contributed by atoms with E-state index in [9.17, 15) is 9.59 Å². The molecule has 0 aliphatic carbocycles. The van der Waals surface area contributed by atoms with Gasteiger partial charge in [0.05, 0.1) is 18.2 Å². The highest BCUT2D eigenvalue weighted by atomic mass is 16.5. The summed E-state index contributed by atoms with van der Waals surface area (Å²) < 4.78 is 5.03. The van der Waals surface area contributed by atoms with E-state index in [2.05, 4.69) is 15.4 Å². The molecule has 0 saturated carbocycles. The number of nitrogens with zero attached hydrogens (tertiary/aromatic N) is 3. The van der Waals surface area contributed by atoms with Gasteiger partial charge >= 0.3 is 0 Å². The number of carbonyl (C=O) groups excluding carboxylic acids is 2. The van der Waals surface area contributed by atoms with Gasteiger partial charge in [0, 0.05) is 32.2 Å². The van der Waals surface area contributed by atoms with E-state index in [1.165, 1.54) is 0 Å². The van der Waals surface area contributed by atoms with Crippen molar-refractivity contribution in [3.05, 3.63) is 47.2 Å². The molecule has 2 aromatic rings. The van der Waals surface area contributed by atoms with Crippen LogP contribution in [-0.2, 0) is 16.0 Å². The first-order valence-corrected chi connectivity index (χ1v) is 9.24. The smallest absolute Gasteiger partial charge is 0.243 e.